The van der Waals surface area contributed by atoms with Crippen molar-refractivity contribution in [3.05, 3.63) is 18.3 Å². The lowest BCUT2D eigenvalue weighted by atomic mass is 10.3. The predicted molar refractivity (Wildman–Crippen MR) is 65.1 cm³/mol. The van der Waals surface area contributed by atoms with Crippen molar-refractivity contribution in [1.29, 1.82) is 0 Å². The molecule has 0 aromatic carbocycles. The molecule has 1 aromatic rings. The first-order valence-electron chi connectivity index (χ1n) is 5.56. The SMILES string of the molecule is COC(=O)CCNc1cccnc1OC(C)C. The Bertz CT molecular complexity index is 367. The molecule has 0 atom stereocenters. The van der Waals surface area contributed by atoms with Crippen LogP contribution in [0.3, 0.4) is 0 Å². The first kappa shape index (κ1) is 13.3. The van der Waals surface area contributed by atoms with Crippen LogP contribution in [0.25, 0.3) is 0 Å². The van der Waals surface area contributed by atoms with Gasteiger partial charge in [0.2, 0.25) is 5.88 Å². The Kier molecular flexibility index (Phi) is 5.26. The molecule has 1 N–H and O–H groups in total. The van der Waals surface area contributed by atoms with Gasteiger partial charge in [-0.2, -0.15) is 0 Å². The number of methoxy groups -OCH3 is 1. The molecule has 0 aliphatic carbocycles. The summed E-state index contributed by atoms with van der Waals surface area (Å²) < 4.78 is 10.1. The number of aromatic nitrogens is 1. The maximum absolute atomic E-state index is 11.0. The zero-order valence-electron chi connectivity index (χ0n) is 10.4. The van der Waals surface area contributed by atoms with Crippen LogP contribution in [0.15, 0.2) is 18.3 Å². The Morgan fingerprint density at radius 1 is 1.53 bits per heavy atom. The topological polar surface area (TPSA) is 60.5 Å². The third kappa shape index (κ3) is 4.72. The Hall–Kier alpha value is -1.78. The van der Waals surface area contributed by atoms with Crippen molar-refractivity contribution in [2.45, 2.75) is 26.4 Å². The van der Waals surface area contributed by atoms with Gasteiger partial charge in [-0.15, -0.1) is 0 Å². The van der Waals surface area contributed by atoms with Gasteiger partial charge in [-0.1, -0.05) is 0 Å². The summed E-state index contributed by atoms with van der Waals surface area (Å²) >= 11 is 0. The number of esters is 1. The quantitative estimate of drug-likeness (QED) is 0.766. The number of nitrogens with zero attached hydrogens (tertiary/aromatic N) is 1. The van der Waals surface area contributed by atoms with Crippen LogP contribution in [-0.2, 0) is 9.53 Å². The summed E-state index contributed by atoms with van der Waals surface area (Å²) in [5.41, 5.74) is 0.783. The first-order valence-corrected chi connectivity index (χ1v) is 5.56. The number of rotatable bonds is 6. The molecule has 0 saturated heterocycles. The molecule has 1 rings (SSSR count). The molecule has 0 bridgehead atoms. The van der Waals surface area contributed by atoms with Crippen LogP contribution in [0.4, 0.5) is 5.69 Å². The highest BCUT2D eigenvalue weighted by molar-refractivity contribution is 5.70. The molecule has 5 heteroatoms. The molecule has 0 unspecified atom stereocenters. The maximum atomic E-state index is 11.0. The molecule has 94 valence electrons. The van der Waals surface area contributed by atoms with E-state index in [2.05, 4.69) is 15.0 Å². The van der Waals surface area contributed by atoms with Crippen molar-refractivity contribution >= 4 is 11.7 Å². The third-order valence-corrected chi connectivity index (χ3v) is 1.99. The molecule has 0 saturated carbocycles. The number of nitrogens with one attached hydrogen (secondary N) is 1. The second-order valence-electron chi connectivity index (χ2n) is 3.78. The molecule has 1 heterocycles. The van der Waals surface area contributed by atoms with Gasteiger partial charge >= 0.3 is 5.97 Å². The van der Waals surface area contributed by atoms with Crippen LogP contribution in [0.5, 0.6) is 5.88 Å². The lowest BCUT2D eigenvalue weighted by Gasteiger charge is -2.13. The van der Waals surface area contributed by atoms with Gasteiger partial charge in [0, 0.05) is 12.7 Å². The third-order valence-electron chi connectivity index (χ3n) is 1.99. The van der Waals surface area contributed by atoms with E-state index in [1.165, 1.54) is 7.11 Å². The highest BCUT2D eigenvalue weighted by Gasteiger charge is 2.07. The van der Waals surface area contributed by atoms with E-state index < -0.39 is 0 Å². The zero-order chi connectivity index (χ0) is 12.7. The summed E-state index contributed by atoms with van der Waals surface area (Å²) in [6.07, 6.45) is 2.04. The Morgan fingerprint density at radius 2 is 2.29 bits per heavy atom. The number of pyridine rings is 1. The first-order chi connectivity index (χ1) is 8.13. The smallest absolute Gasteiger partial charge is 0.307 e. The van der Waals surface area contributed by atoms with Crippen molar-refractivity contribution in [2.24, 2.45) is 0 Å². The Labute approximate surface area is 101 Å². The molecule has 17 heavy (non-hydrogen) atoms. The summed E-state index contributed by atoms with van der Waals surface area (Å²) in [6.45, 7) is 4.37. The highest BCUT2D eigenvalue weighted by atomic mass is 16.5. The van der Waals surface area contributed by atoms with Crippen molar-refractivity contribution in [3.8, 4) is 5.88 Å². The van der Waals surface area contributed by atoms with E-state index in [9.17, 15) is 4.79 Å². The molecule has 0 amide bonds. The van der Waals surface area contributed by atoms with Gasteiger partial charge in [0.1, 0.15) is 0 Å². The van der Waals surface area contributed by atoms with Crippen molar-refractivity contribution in [2.75, 3.05) is 19.0 Å². The van der Waals surface area contributed by atoms with Crippen LogP contribution < -0.4 is 10.1 Å². The fourth-order valence-corrected chi connectivity index (χ4v) is 1.24. The monoisotopic (exact) mass is 238 g/mol. The summed E-state index contributed by atoms with van der Waals surface area (Å²) in [4.78, 5) is 15.1. The zero-order valence-corrected chi connectivity index (χ0v) is 10.4. The molecule has 0 fully saturated rings. The molecule has 0 radical (unpaired) electrons. The van der Waals surface area contributed by atoms with Crippen molar-refractivity contribution in [1.82, 2.24) is 4.98 Å². The molecule has 0 aliphatic rings. The van der Waals surface area contributed by atoms with Gasteiger partial charge in [-0.05, 0) is 26.0 Å². The Balaban J connectivity index is 2.54. The fourth-order valence-electron chi connectivity index (χ4n) is 1.24. The number of carbonyl (C=O) groups excluding carboxylic acids is 1. The maximum Gasteiger partial charge on any atom is 0.307 e. The largest absolute Gasteiger partial charge is 0.473 e. The second-order valence-corrected chi connectivity index (χ2v) is 3.78. The van der Waals surface area contributed by atoms with Gasteiger partial charge in [0.25, 0.3) is 0 Å². The number of ether oxygens (including phenoxy) is 2. The van der Waals surface area contributed by atoms with E-state index >= 15 is 0 Å². The van der Waals surface area contributed by atoms with E-state index in [0.717, 1.165) is 5.69 Å². The van der Waals surface area contributed by atoms with Crippen LogP contribution in [-0.4, -0.2) is 30.7 Å². The van der Waals surface area contributed by atoms with E-state index in [4.69, 9.17) is 4.74 Å². The van der Waals surface area contributed by atoms with Gasteiger partial charge < -0.3 is 14.8 Å². The fraction of sp³-hybridized carbons (Fsp3) is 0.500. The Morgan fingerprint density at radius 3 is 2.94 bits per heavy atom. The molecular weight excluding hydrogens is 220 g/mol. The normalized spacial score (nSPS) is 10.1. The van der Waals surface area contributed by atoms with Gasteiger partial charge in [0.05, 0.1) is 25.3 Å². The number of hydrogen-bond acceptors (Lipinski definition) is 5. The minimum absolute atomic E-state index is 0.0612. The molecule has 0 spiro atoms. The molecular formula is C12H18N2O3. The summed E-state index contributed by atoms with van der Waals surface area (Å²) in [5.74, 6) is 0.306. The summed E-state index contributed by atoms with van der Waals surface area (Å²) in [5, 5.41) is 3.10. The number of anilines is 1. The lowest BCUT2D eigenvalue weighted by Crippen LogP contribution is -2.13. The van der Waals surface area contributed by atoms with E-state index in [-0.39, 0.29) is 12.1 Å². The molecule has 0 aliphatic heterocycles. The van der Waals surface area contributed by atoms with E-state index in [1.807, 2.05) is 26.0 Å². The van der Waals surface area contributed by atoms with E-state index in [0.29, 0.717) is 18.8 Å². The predicted octanol–water partition coefficient (Wildman–Crippen LogP) is 1.84. The van der Waals surface area contributed by atoms with Gasteiger partial charge in [-0.25, -0.2) is 4.98 Å². The van der Waals surface area contributed by atoms with Crippen molar-refractivity contribution < 1.29 is 14.3 Å². The average molecular weight is 238 g/mol. The minimum atomic E-state index is -0.243. The average Bonchev–Trinajstić information content (AvgIpc) is 2.30. The van der Waals surface area contributed by atoms with Crippen LogP contribution in [0.1, 0.15) is 20.3 Å². The minimum Gasteiger partial charge on any atom is -0.473 e. The molecule has 1 aromatic heterocycles. The number of carbonyl (C=O) groups is 1. The second kappa shape index (κ2) is 6.73. The lowest BCUT2D eigenvalue weighted by molar-refractivity contribution is -0.140. The van der Waals surface area contributed by atoms with Crippen LogP contribution >= 0.6 is 0 Å². The van der Waals surface area contributed by atoms with Crippen molar-refractivity contribution in [3.63, 3.8) is 0 Å². The summed E-state index contributed by atoms with van der Waals surface area (Å²) in [7, 11) is 1.37. The molecule has 5 nitrogen and oxygen atoms in total. The van der Waals surface area contributed by atoms with E-state index in [1.54, 1.807) is 6.20 Å². The summed E-state index contributed by atoms with van der Waals surface area (Å²) in [6, 6.07) is 3.68. The van der Waals surface area contributed by atoms with Crippen LogP contribution in [0, 0.1) is 0 Å². The highest BCUT2D eigenvalue weighted by Crippen LogP contribution is 2.21. The number of hydrogen-bond donors (Lipinski definition) is 1. The van der Waals surface area contributed by atoms with Crippen LogP contribution in [0.2, 0.25) is 0 Å². The standard InChI is InChI=1S/C12H18N2O3/c1-9(2)17-12-10(5-4-7-14-12)13-8-6-11(15)16-3/h4-5,7,9,13H,6,8H2,1-3H3. The van der Waals surface area contributed by atoms with Gasteiger partial charge in [-0.3, -0.25) is 4.79 Å². The van der Waals surface area contributed by atoms with Gasteiger partial charge in [0.15, 0.2) is 0 Å².